The predicted octanol–water partition coefficient (Wildman–Crippen LogP) is 2.47. The van der Waals surface area contributed by atoms with Crippen LogP contribution >= 0.6 is 0 Å². The average Bonchev–Trinajstić information content (AvgIpc) is 3.02. The van der Waals surface area contributed by atoms with Gasteiger partial charge in [-0.15, -0.1) is 5.10 Å². The fourth-order valence-corrected chi connectivity index (χ4v) is 2.90. The van der Waals surface area contributed by atoms with Gasteiger partial charge >= 0.3 is 0 Å². The monoisotopic (exact) mass is 339 g/mol. The average molecular weight is 339 g/mol. The molecule has 1 atom stereocenters. The minimum absolute atomic E-state index is 0.00780. The van der Waals surface area contributed by atoms with Gasteiger partial charge in [0.05, 0.1) is 11.9 Å². The predicted molar refractivity (Wildman–Crippen MR) is 94.1 cm³/mol. The van der Waals surface area contributed by atoms with Crippen LogP contribution in [0.15, 0.2) is 30.5 Å². The highest BCUT2D eigenvalue weighted by Crippen LogP contribution is 2.20. The first-order valence-corrected chi connectivity index (χ1v) is 8.39. The number of benzene rings is 1. The Kier molecular flexibility index (Phi) is 5.31. The number of anilines is 2. The summed E-state index contributed by atoms with van der Waals surface area (Å²) in [6.07, 6.45) is 5.15. The molecule has 1 aliphatic rings. The van der Waals surface area contributed by atoms with E-state index in [2.05, 4.69) is 10.4 Å². The van der Waals surface area contributed by atoms with Crippen LogP contribution in [0.4, 0.5) is 11.5 Å². The van der Waals surface area contributed by atoms with Crippen LogP contribution in [0.3, 0.4) is 0 Å². The number of hydrogen-bond acceptors (Lipinski definition) is 5. The number of nitrogens with zero attached hydrogens (tertiary/aromatic N) is 3. The Balaban J connectivity index is 1.54. The van der Waals surface area contributed by atoms with Crippen molar-refractivity contribution in [1.82, 2.24) is 9.78 Å². The maximum atomic E-state index is 12.1. The molecule has 1 fully saturated rings. The van der Waals surface area contributed by atoms with Crippen LogP contribution in [0.1, 0.15) is 31.2 Å². The molecule has 0 saturated carbocycles. The number of hydrogen-bond donors (Lipinski definition) is 2. The molecule has 1 saturated heterocycles. The van der Waals surface area contributed by atoms with Crippen LogP contribution in [0.5, 0.6) is 0 Å². The summed E-state index contributed by atoms with van der Waals surface area (Å²) in [6, 6.07) is 9.24. The van der Waals surface area contributed by atoms with Crippen molar-refractivity contribution in [1.29, 1.82) is 5.26 Å². The molecule has 3 rings (SSSR count). The Morgan fingerprint density at radius 1 is 1.44 bits per heavy atom. The summed E-state index contributed by atoms with van der Waals surface area (Å²) in [5.41, 5.74) is 7.50. The lowest BCUT2D eigenvalue weighted by molar-refractivity contribution is -0.116. The number of nitriles is 1. The number of aromatic nitrogens is 2. The smallest absolute Gasteiger partial charge is 0.224 e. The Morgan fingerprint density at radius 3 is 2.88 bits per heavy atom. The molecule has 7 heteroatoms. The van der Waals surface area contributed by atoms with Gasteiger partial charge in [0.15, 0.2) is 5.82 Å². The summed E-state index contributed by atoms with van der Waals surface area (Å²) in [5.74, 6) is 0.696. The van der Waals surface area contributed by atoms with Crippen molar-refractivity contribution in [3.05, 3.63) is 36.0 Å². The van der Waals surface area contributed by atoms with Crippen LogP contribution in [-0.2, 0) is 9.53 Å². The highest BCUT2D eigenvalue weighted by Gasteiger charge is 2.15. The Morgan fingerprint density at radius 2 is 2.24 bits per heavy atom. The lowest BCUT2D eigenvalue weighted by Gasteiger charge is -2.21. The molecule has 1 amide bonds. The number of carbonyl (C=O) groups excluding carboxylic acids is 1. The molecule has 25 heavy (non-hydrogen) atoms. The first kappa shape index (κ1) is 17.0. The van der Waals surface area contributed by atoms with Crippen molar-refractivity contribution in [3.63, 3.8) is 0 Å². The number of carbonyl (C=O) groups is 1. The van der Waals surface area contributed by atoms with Gasteiger partial charge in [-0.3, -0.25) is 4.79 Å². The molecule has 7 nitrogen and oxygen atoms in total. The quantitative estimate of drug-likeness (QED) is 0.870. The first-order chi connectivity index (χ1) is 12.2. The second-order valence-electron chi connectivity index (χ2n) is 6.20. The summed E-state index contributed by atoms with van der Waals surface area (Å²) in [5, 5.41) is 15.9. The van der Waals surface area contributed by atoms with E-state index in [1.165, 1.54) is 0 Å². The lowest BCUT2D eigenvalue weighted by Crippen LogP contribution is -2.20. The number of rotatable bonds is 5. The molecule has 130 valence electrons. The highest BCUT2D eigenvalue weighted by molar-refractivity contribution is 5.90. The van der Waals surface area contributed by atoms with Crippen molar-refractivity contribution in [2.24, 2.45) is 5.92 Å². The van der Waals surface area contributed by atoms with Crippen LogP contribution in [0.25, 0.3) is 5.69 Å². The third kappa shape index (κ3) is 4.37. The van der Waals surface area contributed by atoms with Gasteiger partial charge in [0.2, 0.25) is 5.91 Å². The fourth-order valence-electron chi connectivity index (χ4n) is 2.90. The van der Waals surface area contributed by atoms with E-state index in [9.17, 15) is 4.79 Å². The third-order valence-electron chi connectivity index (χ3n) is 4.31. The van der Waals surface area contributed by atoms with Gasteiger partial charge < -0.3 is 15.8 Å². The molecular weight excluding hydrogens is 318 g/mol. The van der Waals surface area contributed by atoms with Gasteiger partial charge in [0.1, 0.15) is 11.6 Å². The molecule has 2 heterocycles. The topological polar surface area (TPSA) is 106 Å². The van der Waals surface area contributed by atoms with Gasteiger partial charge in [0, 0.05) is 25.3 Å². The second-order valence-corrected chi connectivity index (χ2v) is 6.20. The Hall–Kier alpha value is -2.85. The summed E-state index contributed by atoms with van der Waals surface area (Å²) >= 11 is 0. The van der Waals surface area contributed by atoms with Crippen molar-refractivity contribution in [2.45, 2.75) is 25.7 Å². The number of ether oxygens (including phenoxy) is 1. The van der Waals surface area contributed by atoms with Crippen molar-refractivity contribution < 1.29 is 9.53 Å². The maximum Gasteiger partial charge on any atom is 0.224 e. The van der Waals surface area contributed by atoms with Gasteiger partial charge in [-0.05, 0) is 49.4 Å². The van der Waals surface area contributed by atoms with E-state index in [-0.39, 0.29) is 11.7 Å². The fraction of sp³-hybridized carbons (Fsp3) is 0.389. The zero-order valence-corrected chi connectivity index (χ0v) is 13.9. The largest absolute Gasteiger partial charge is 0.381 e. The minimum Gasteiger partial charge on any atom is -0.381 e. The number of nitrogen functional groups attached to an aromatic ring is 1. The molecule has 3 N–H and O–H groups in total. The molecule has 0 aliphatic carbocycles. The maximum absolute atomic E-state index is 12.1. The molecule has 1 aliphatic heterocycles. The highest BCUT2D eigenvalue weighted by atomic mass is 16.5. The summed E-state index contributed by atoms with van der Waals surface area (Å²) in [7, 11) is 0. The molecule has 1 aromatic heterocycles. The summed E-state index contributed by atoms with van der Waals surface area (Å²) in [6.45, 7) is 1.60. The second kappa shape index (κ2) is 7.81. The van der Waals surface area contributed by atoms with E-state index in [1.54, 1.807) is 23.0 Å². The Bertz CT molecular complexity index is 770. The van der Waals surface area contributed by atoms with Crippen molar-refractivity contribution in [3.8, 4) is 11.8 Å². The molecule has 1 aromatic carbocycles. The SMILES string of the molecule is N#Cc1cn(-c2ccc(NC(=O)CCC3CCCOC3)cc2)nc1N. The van der Waals surface area contributed by atoms with Gasteiger partial charge in [-0.1, -0.05) is 0 Å². The zero-order valence-electron chi connectivity index (χ0n) is 13.9. The molecule has 1 unspecified atom stereocenters. The Labute approximate surface area is 146 Å². The number of nitrogens with two attached hydrogens (primary N) is 1. The normalized spacial score (nSPS) is 17.0. The van der Waals surface area contributed by atoms with Crippen LogP contribution in [-0.4, -0.2) is 28.9 Å². The number of amides is 1. The number of nitrogens with one attached hydrogen (secondary N) is 1. The molecule has 0 bridgehead atoms. The molecule has 0 spiro atoms. The van der Waals surface area contributed by atoms with Gasteiger partial charge in [-0.2, -0.15) is 5.26 Å². The minimum atomic E-state index is 0.00780. The lowest BCUT2D eigenvalue weighted by atomic mass is 9.97. The van der Waals surface area contributed by atoms with E-state index in [1.807, 2.05) is 18.2 Å². The summed E-state index contributed by atoms with van der Waals surface area (Å²) < 4.78 is 6.98. The standard InChI is InChI=1S/C18H21N5O2/c19-10-14-11-23(22-18(14)20)16-6-4-15(5-7-16)21-17(24)8-3-13-2-1-9-25-12-13/h4-7,11,13H,1-3,8-9,12H2,(H2,20,22)(H,21,24). The molecule has 2 aromatic rings. The summed E-state index contributed by atoms with van der Waals surface area (Å²) in [4.78, 5) is 12.1. The first-order valence-electron chi connectivity index (χ1n) is 8.39. The van der Waals surface area contributed by atoms with E-state index >= 15 is 0 Å². The molecule has 0 radical (unpaired) electrons. The van der Waals surface area contributed by atoms with E-state index in [0.717, 1.165) is 43.9 Å². The van der Waals surface area contributed by atoms with Crippen LogP contribution in [0, 0.1) is 17.2 Å². The van der Waals surface area contributed by atoms with E-state index < -0.39 is 0 Å². The van der Waals surface area contributed by atoms with E-state index in [0.29, 0.717) is 17.9 Å². The van der Waals surface area contributed by atoms with E-state index in [4.69, 9.17) is 15.7 Å². The third-order valence-corrected chi connectivity index (χ3v) is 4.31. The van der Waals surface area contributed by atoms with Crippen LogP contribution in [0.2, 0.25) is 0 Å². The zero-order chi connectivity index (χ0) is 17.6. The van der Waals surface area contributed by atoms with Gasteiger partial charge in [0.25, 0.3) is 0 Å². The van der Waals surface area contributed by atoms with Crippen molar-refractivity contribution >= 4 is 17.4 Å². The molecular formula is C18H21N5O2. The van der Waals surface area contributed by atoms with Gasteiger partial charge in [-0.25, -0.2) is 4.68 Å². The van der Waals surface area contributed by atoms with Crippen molar-refractivity contribution in [2.75, 3.05) is 24.3 Å². The van der Waals surface area contributed by atoms with Crippen LogP contribution < -0.4 is 11.1 Å².